The number of benzene rings is 2. The summed E-state index contributed by atoms with van der Waals surface area (Å²) in [6.45, 7) is 0.707. The Bertz CT molecular complexity index is 1270. The molecule has 1 fully saturated rings. The van der Waals surface area contributed by atoms with E-state index in [0.717, 1.165) is 5.69 Å². The number of hydrogen-bond donors (Lipinski definition) is 1. The number of para-hydroxylation sites is 1. The zero-order chi connectivity index (χ0) is 24.3. The zero-order valence-corrected chi connectivity index (χ0v) is 20.2. The van der Waals surface area contributed by atoms with Crippen LogP contribution in [0.1, 0.15) is 23.2 Å². The van der Waals surface area contributed by atoms with Gasteiger partial charge in [-0.15, -0.1) is 0 Å². The monoisotopic (exact) mass is 484 g/mol. The van der Waals surface area contributed by atoms with Crippen LogP contribution < -0.4 is 14.8 Å². The van der Waals surface area contributed by atoms with Gasteiger partial charge in [0.2, 0.25) is 10.0 Å². The lowest BCUT2D eigenvalue weighted by Crippen LogP contribution is -2.49. The van der Waals surface area contributed by atoms with Gasteiger partial charge in [0.25, 0.3) is 5.91 Å². The molecular weight excluding hydrogens is 456 g/mol. The fraction of sp³-hybridized carbons (Fsp3) is 0.333. The largest absolute Gasteiger partial charge is 0.497 e. The minimum absolute atomic E-state index is 0.245. The van der Waals surface area contributed by atoms with E-state index in [0.29, 0.717) is 47.7 Å². The highest BCUT2D eigenvalue weighted by molar-refractivity contribution is 7.88. The third-order valence-corrected chi connectivity index (χ3v) is 7.10. The number of amides is 1. The van der Waals surface area contributed by atoms with Crippen LogP contribution in [0.15, 0.2) is 54.7 Å². The van der Waals surface area contributed by atoms with Crippen molar-refractivity contribution in [3.8, 4) is 28.4 Å². The molecule has 3 aromatic rings. The van der Waals surface area contributed by atoms with Crippen LogP contribution in [-0.4, -0.2) is 68.0 Å². The molecule has 1 aliphatic rings. The number of ether oxygens (including phenoxy) is 2. The molecule has 1 aliphatic heterocycles. The maximum Gasteiger partial charge on any atom is 0.255 e. The minimum atomic E-state index is -3.32. The van der Waals surface area contributed by atoms with Gasteiger partial charge in [-0.05, 0) is 43.2 Å². The molecule has 0 saturated carbocycles. The van der Waals surface area contributed by atoms with Crippen LogP contribution in [0.25, 0.3) is 16.9 Å². The lowest BCUT2D eigenvalue weighted by atomic mass is 10.0. The van der Waals surface area contributed by atoms with Crippen LogP contribution in [0.3, 0.4) is 0 Å². The maximum atomic E-state index is 13.5. The molecular formula is C24H28N4O5S. The Kier molecular flexibility index (Phi) is 6.90. The lowest BCUT2D eigenvalue weighted by Gasteiger charge is -2.31. The summed E-state index contributed by atoms with van der Waals surface area (Å²) < 4.78 is 38.0. The molecule has 0 radical (unpaired) electrons. The Hall–Kier alpha value is -3.37. The average Bonchev–Trinajstić information content (AvgIpc) is 3.29. The molecule has 0 bridgehead atoms. The van der Waals surface area contributed by atoms with Gasteiger partial charge in [0.1, 0.15) is 17.2 Å². The van der Waals surface area contributed by atoms with Crippen molar-refractivity contribution in [2.45, 2.75) is 18.9 Å². The van der Waals surface area contributed by atoms with Gasteiger partial charge in [0, 0.05) is 30.9 Å². The number of hydrogen-bond acceptors (Lipinski definition) is 6. The summed E-state index contributed by atoms with van der Waals surface area (Å²) in [5, 5.41) is 7.72. The summed E-state index contributed by atoms with van der Waals surface area (Å²) in [6, 6.07) is 14.5. The summed E-state index contributed by atoms with van der Waals surface area (Å²) in [7, 11) is -0.199. The first-order valence-electron chi connectivity index (χ1n) is 10.9. The van der Waals surface area contributed by atoms with Crippen molar-refractivity contribution >= 4 is 15.9 Å². The average molecular weight is 485 g/mol. The number of piperidine rings is 1. The number of carbonyl (C=O) groups excluding carboxylic acids is 1. The molecule has 2 aromatic carbocycles. The smallest absolute Gasteiger partial charge is 0.255 e. The molecule has 1 saturated heterocycles. The molecule has 0 aliphatic carbocycles. The predicted molar refractivity (Wildman–Crippen MR) is 129 cm³/mol. The third-order valence-electron chi connectivity index (χ3n) is 5.83. The lowest BCUT2D eigenvalue weighted by molar-refractivity contribution is 0.0922. The van der Waals surface area contributed by atoms with E-state index in [4.69, 9.17) is 14.6 Å². The topological polar surface area (TPSA) is 103 Å². The standard InChI is InChI=1S/C24H28N4O5S/c1-32-19-11-12-22(33-2)20(14-19)23-21(16-28(26-23)18-9-5-4-6-10-18)24(29)25-17-8-7-13-27(15-17)34(3,30)31/h4-6,9-12,14,16-17H,7-8,13,15H2,1-3H3,(H,25,29). The van der Waals surface area contributed by atoms with Gasteiger partial charge in [-0.1, -0.05) is 18.2 Å². The Morgan fingerprint density at radius 2 is 1.88 bits per heavy atom. The fourth-order valence-electron chi connectivity index (χ4n) is 4.08. The van der Waals surface area contributed by atoms with Crippen LogP contribution in [0.2, 0.25) is 0 Å². The number of nitrogens with zero attached hydrogens (tertiary/aromatic N) is 3. The second-order valence-electron chi connectivity index (χ2n) is 8.17. The quantitative estimate of drug-likeness (QED) is 0.553. The van der Waals surface area contributed by atoms with E-state index in [-0.39, 0.29) is 18.5 Å². The number of carbonyl (C=O) groups is 1. The molecule has 9 nitrogen and oxygen atoms in total. The highest BCUT2D eigenvalue weighted by Crippen LogP contribution is 2.35. The van der Waals surface area contributed by atoms with Crippen molar-refractivity contribution in [2.24, 2.45) is 0 Å². The molecule has 1 aromatic heterocycles. The number of rotatable bonds is 7. The number of methoxy groups -OCH3 is 2. The van der Waals surface area contributed by atoms with E-state index >= 15 is 0 Å². The first-order chi connectivity index (χ1) is 16.3. The summed E-state index contributed by atoms with van der Waals surface area (Å²) in [5.41, 5.74) is 2.20. The van der Waals surface area contributed by atoms with E-state index in [9.17, 15) is 13.2 Å². The van der Waals surface area contributed by atoms with Crippen LogP contribution in [0.5, 0.6) is 11.5 Å². The molecule has 1 atom stereocenters. The van der Waals surface area contributed by atoms with Crippen molar-refractivity contribution in [1.82, 2.24) is 19.4 Å². The van der Waals surface area contributed by atoms with Gasteiger partial charge < -0.3 is 14.8 Å². The molecule has 4 rings (SSSR count). The zero-order valence-electron chi connectivity index (χ0n) is 19.4. The van der Waals surface area contributed by atoms with Gasteiger partial charge in [0.05, 0.1) is 31.7 Å². The normalized spacial score (nSPS) is 16.7. The molecule has 0 spiro atoms. The molecule has 2 heterocycles. The van der Waals surface area contributed by atoms with E-state index in [1.54, 1.807) is 43.3 Å². The van der Waals surface area contributed by atoms with Crippen LogP contribution in [0.4, 0.5) is 0 Å². The first-order valence-corrected chi connectivity index (χ1v) is 12.8. The second kappa shape index (κ2) is 9.86. The Balaban J connectivity index is 1.73. The van der Waals surface area contributed by atoms with Crippen molar-refractivity contribution in [3.05, 3.63) is 60.3 Å². The van der Waals surface area contributed by atoms with Crippen LogP contribution >= 0.6 is 0 Å². The third kappa shape index (κ3) is 5.07. The first kappa shape index (κ1) is 23.8. The van der Waals surface area contributed by atoms with Crippen molar-refractivity contribution in [1.29, 1.82) is 0 Å². The van der Waals surface area contributed by atoms with Crippen molar-refractivity contribution in [2.75, 3.05) is 33.6 Å². The van der Waals surface area contributed by atoms with Crippen LogP contribution in [0, 0.1) is 0 Å². The number of aromatic nitrogens is 2. The van der Waals surface area contributed by atoms with E-state index in [2.05, 4.69) is 5.32 Å². The van der Waals surface area contributed by atoms with Gasteiger partial charge in [-0.3, -0.25) is 4.79 Å². The maximum absolute atomic E-state index is 13.5. The molecule has 34 heavy (non-hydrogen) atoms. The number of sulfonamides is 1. The molecule has 10 heteroatoms. The van der Waals surface area contributed by atoms with E-state index in [1.807, 2.05) is 30.3 Å². The van der Waals surface area contributed by atoms with Crippen molar-refractivity contribution < 1.29 is 22.7 Å². The summed E-state index contributed by atoms with van der Waals surface area (Å²) in [5.74, 6) is 0.823. The van der Waals surface area contributed by atoms with E-state index < -0.39 is 10.0 Å². The minimum Gasteiger partial charge on any atom is -0.497 e. The molecule has 180 valence electrons. The Morgan fingerprint density at radius 1 is 1.12 bits per heavy atom. The highest BCUT2D eigenvalue weighted by Gasteiger charge is 2.29. The van der Waals surface area contributed by atoms with E-state index in [1.165, 1.54) is 10.6 Å². The van der Waals surface area contributed by atoms with Gasteiger partial charge in [-0.25, -0.2) is 17.4 Å². The van der Waals surface area contributed by atoms with Gasteiger partial charge in [-0.2, -0.15) is 5.10 Å². The number of nitrogens with one attached hydrogen (secondary N) is 1. The summed E-state index contributed by atoms with van der Waals surface area (Å²) in [4.78, 5) is 13.5. The summed E-state index contributed by atoms with van der Waals surface area (Å²) in [6.07, 6.45) is 4.24. The molecule has 1 unspecified atom stereocenters. The van der Waals surface area contributed by atoms with Gasteiger partial charge in [0.15, 0.2) is 0 Å². The summed E-state index contributed by atoms with van der Waals surface area (Å²) >= 11 is 0. The van der Waals surface area contributed by atoms with Crippen LogP contribution in [-0.2, 0) is 10.0 Å². The SMILES string of the molecule is COc1ccc(OC)c(-c2nn(-c3ccccc3)cc2C(=O)NC2CCCN(S(C)(=O)=O)C2)c1. The Morgan fingerprint density at radius 3 is 2.56 bits per heavy atom. The fourth-order valence-corrected chi connectivity index (χ4v) is 4.99. The predicted octanol–water partition coefficient (Wildman–Crippen LogP) is 2.71. The molecule has 1 amide bonds. The highest BCUT2D eigenvalue weighted by atomic mass is 32.2. The van der Waals surface area contributed by atoms with Gasteiger partial charge >= 0.3 is 0 Å². The van der Waals surface area contributed by atoms with Crippen molar-refractivity contribution in [3.63, 3.8) is 0 Å². The molecule has 1 N–H and O–H groups in total. The Labute approximate surface area is 199 Å². The second-order valence-corrected chi connectivity index (χ2v) is 10.2.